The first-order chi connectivity index (χ1) is 8.24. The zero-order valence-electron chi connectivity index (χ0n) is 9.55. The van der Waals surface area contributed by atoms with Crippen LogP contribution in [0.2, 0.25) is 5.15 Å². The molecule has 0 aliphatic heterocycles. The summed E-state index contributed by atoms with van der Waals surface area (Å²) in [5, 5.41) is 8.25. The summed E-state index contributed by atoms with van der Waals surface area (Å²) in [6, 6.07) is 9.53. The summed E-state index contributed by atoms with van der Waals surface area (Å²) in [7, 11) is 2.02. The fraction of sp³-hybridized carbons (Fsp3) is 0.250. The van der Waals surface area contributed by atoms with E-state index < -0.39 is 0 Å². The van der Waals surface area contributed by atoms with Crippen LogP contribution in [0.4, 0.5) is 0 Å². The highest BCUT2D eigenvalue weighted by Gasteiger charge is 2.03. The van der Waals surface area contributed by atoms with Gasteiger partial charge in [0.1, 0.15) is 0 Å². The van der Waals surface area contributed by atoms with E-state index in [4.69, 9.17) is 11.6 Å². The van der Waals surface area contributed by atoms with Crippen LogP contribution in [0.3, 0.4) is 0 Å². The van der Waals surface area contributed by atoms with Gasteiger partial charge in [-0.2, -0.15) is 5.10 Å². The minimum absolute atomic E-state index is 0.418. The van der Waals surface area contributed by atoms with Crippen LogP contribution in [0.1, 0.15) is 11.4 Å². The zero-order valence-corrected chi connectivity index (χ0v) is 10.3. The summed E-state index contributed by atoms with van der Waals surface area (Å²) >= 11 is 5.68. The fourth-order valence-corrected chi connectivity index (χ4v) is 1.63. The molecular formula is C12H13ClN4. The standard InChI is InChI=1S/C12H13ClN4/c1-17(8-10-4-2-3-7-14-10)9-11-5-6-12(13)16-15-11/h2-7H,8-9H2,1H3. The van der Waals surface area contributed by atoms with E-state index in [-0.39, 0.29) is 0 Å². The molecule has 5 heteroatoms. The molecule has 2 aromatic rings. The molecule has 0 unspecified atom stereocenters. The van der Waals surface area contributed by atoms with Crippen molar-refractivity contribution in [1.29, 1.82) is 0 Å². The Morgan fingerprint density at radius 2 is 1.88 bits per heavy atom. The van der Waals surface area contributed by atoms with Gasteiger partial charge in [0.25, 0.3) is 0 Å². The van der Waals surface area contributed by atoms with Crippen molar-refractivity contribution in [2.24, 2.45) is 0 Å². The number of nitrogens with zero attached hydrogens (tertiary/aromatic N) is 4. The van der Waals surface area contributed by atoms with Gasteiger partial charge < -0.3 is 0 Å². The molecule has 0 saturated carbocycles. The van der Waals surface area contributed by atoms with Gasteiger partial charge in [-0.05, 0) is 31.3 Å². The van der Waals surface area contributed by atoms with Crippen LogP contribution in [0.25, 0.3) is 0 Å². The third-order valence-corrected chi connectivity index (χ3v) is 2.48. The summed E-state index contributed by atoms with van der Waals surface area (Å²) in [5.74, 6) is 0. The van der Waals surface area contributed by atoms with Crippen LogP contribution in [0.15, 0.2) is 36.5 Å². The van der Waals surface area contributed by atoms with Crippen molar-refractivity contribution in [1.82, 2.24) is 20.1 Å². The summed E-state index contributed by atoms with van der Waals surface area (Å²) in [6.45, 7) is 1.51. The Labute approximate surface area is 105 Å². The molecule has 0 bridgehead atoms. The average molecular weight is 249 g/mol. The van der Waals surface area contributed by atoms with Crippen LogP contribution in [-0.2, 0) is 13.1 Å². The maximum absolute atomic E-state index is 5.68. The Hall–Kier alpha value is -1.52. The quantitative estimate of drug-likeness (QED) is 0.832. The molecule has 88 valence electrons. The second kappa shape index (κ2) is 5.70. The Balaban J connectivity index is 1.93. The summed E-state index contributed by atoms with van der Waals surface area (Å²) in [6.07, 6.45) is 1.80. The predicted octanol–water partition coefficient (Wildman–Crippen LogP) is 2.16. The predicted molar refractivity (Wildman–Crippen MR) is 66.5 cm³/mol. The number of hydrogen-bond donors (Lipinski definition) is 0. The average Bonchev–Trinajstić information content (AvgIpc) is 2.33. The van der Waals surface area contributed by atoms with Crippen LogP contribution >= 0.6 is 11.6 Å². The molecule has 0 aromatic carbocycles. The third kappa shape index (κ3) is 3.76. The monoisotopic (exact) mass is 248 g/mol. The van der Waals surface area contributed by atoms with E-state index >= 15 is 0 Å². The van der Waals surface area contributed by atoms with E-state index in [1.54, 1.807) is 12.3 Å². The normalized spacial score (nSPS) is 10.8. The Morgan fingerprint density at radius 3 is 2.53 bits per heavy atom. The number of rotatable bonds is 4. The van der Waals surface area contributed by atoms with Crippen molar-refractivity contribution in [3.05, 3.63) is 53.1 Å². The summed E-state index contributed by atoms with van der Waals surface area (Å²) in [5.41, 5.74) is 1.93. The van der Waals surface area contributed by atoms with E-state index in [0.717, 1.165) is 24.5 Å². The van der Waals surface area contributed by atoms with Crippen LogP contribution < -0.4 is 0 Å². The lowest BCUT2D eigenvalue weighted by Gasteiger charge is -2.14. The maximum atomic E-state index is 5.68. The molecule has 0 atom stereocenters. The fourth-order valence-electron chi connectivity index (χ4n) is 1.53. The molecule has 0 fully saturated rings. The van der Waals surface area contributed by atoms with Gasteiger partial charge in [-0.3, -0.25) is 9.88 Å². The molecule has 2 rings (SSSR count). The van der Waals surface area contributed by atoms with Crippen molar-refractivity contribution in [2.75, 3.05) is 7.05 Å². The van der Waals surface area contributed by atoms with Gasteiger partial charge in [0, 0.05) is 19.3 Å². The highest BCUT2D eigenvalue weighted by molar-refractivity contribution is 6.29. The van der Waals surface area contributed by atoms with Crippen LogP contribution in [0.5, 0.6) is 0 Å². The molecule has 17 heavy (non-hydrogen) atoms. The van der Waals surface area contributed by atoms with Gasteiger partial charge in [-0.15, -0.1) is 5.10 Å². The molecule has 0 N–H and O–H groups in total. The van der Waals surface area contributed by atoms with Crippen LogP contribution in [-0.4, -0.2) is 27.1 Å². The van der Waals surface area contributed by atoms with E-state index in [2.05, 4.69) is 20.1 Å². The Bertz CT molecular complexity index is 458. The van der Waals surface area contributed by atoms with Crippen molar-refractivity contribution < 1.29 is 0 Å². The third-order valence-electron chi connectivity index (χ3n) is 2.28. The highest BCUT2D eigenvalue weighted by atomic mass is 35.5. The second-order valence-corrected chi connectivity index (χ2v) is 4.23. The van der Waals surface area contributed by atoms with Crippen molar-refractivity contribution in [3.8, 4) is 0 Å². The first-order valence-corrected chi connectivity index (χ1v) is 5.68. The van der Waals surface area contributed by atoms with Gasteiger partial charge >= 0.3 is 0 Å². The second-order valence-electron chi connectivity index (χ2n) is 3.84. The van der Waals surface area contributed by atoms with Crippen molar-refractivity contribution >= 4 is 11.6 Å². The van der Waals surface area contributed by atoms with Crippen molar-refractivity contribution in [3.63, 3.8) is 0 Å². The number of aromatic nitrogens is 3. The van der Waals surface area contributed by atoms with E-state index in [1.165, 1.54) is 0 Å². The molecule has 0 amide bonds. The van der Waals surface area contributed by atoms with E-state index in [0.29, 0.717) is 5.15 Å². The lowest BCUT2D eigenvalue weighted by Crippen LogP contribution is -2.18. The van der Waals surface area contributed by atoms with Crippen molar-refractivity contribution in [2.45, 2.75) is 13.1 Å². The van der Waals surface area contributed by atoms with Gasteiger partial charge in [-0.25, -0.2) is 0 Å². The Morgan fingerprint density at radius 1 is 1.06 bits per heavy atom. The molecule has 0 saturated heterocycles. The van der Waals surface area contributed by atoms with Gasteiger partial charge in [-0.1, -0.05) is 17.7 Å². The first kappa shape index (κ1) is 12.0. The first-order valence-electron chi connectivity index (χ1n) is 5.30. The van der Waals surface area contributed by atoms with Gasteiger partial charge in [0.2, 0.25) is 0 Å². The lowest BCUT2D eigenvalue weighted by molar-refractivity contribution is 0.310. The molecular weight excluding hydrogens is 236 g/mol. The molecule has 4 nitrogen and oxygen atoms in total. The largest absolute Gasteiger partial charge is 0.295 e. The lowest BCUT2D eigenvalue weighted by atomic mass is 10.3. The molecule has 0 spiro atoms. The number of halogens is 1. The molecule has 2 heterocycles. The summed E-state index contributed by atoms with van der Waals surface area (Å²) < 4.78 is 0. The van der Waals surface area contributed by atoms with Crippen LogP contribution in [0, 0.1) is 0 Å². The smallest absolute Gasteiger partial charge is 0.151 e. The minimum atomic E-state index is 0.418. The summed E-state index contributed by atoms with van der Waals surface area (Å²) in [4.78, 5) is 6.40. The van der Waals surface area contributed by atoms with E-state index in [9.17, 15) is 0 Å². The Kier molecular flexibility index (Phi) is 4.01. The van der Waals surface area contributed by atoms with Gasteiger partial charge in [0.15, 0.2) is 5.15 Å². The zero-order chi connectivity index (χ0) is 12.1. The minimum Gasteiger partial charge on any atom is -0.295 e. The highest BCUT2D eigenvalue weighted by Crippen LogP contribution is 2.06. The number of pyridine rings is 1. The SMILES string of the molecule is CN(Cc1ccccn1)Cc1ccc(Cl)nn1. The van der Waals surface area contributed by atoms with E-state index in [1.807, 2.05) is 31.3 Å². The molecule has 2 aromatic heterocycles. The molecule has 0 aliphatic carbocycles. The molecule has 0 aliphatic rings. The topological polar surface area (TPSA) is 41.9 Å². The van der Waals surface area contributed by atoms with Gasteiger partial charge in [0.05, 0.1) is 11.4 Å². The number of hydrogen-bond acceptors (Lipinski definition) is 4. The maximum Gasteiger partial charge on any atom is 0.151 e. The molecule has 0 radical (unpaired) electrons.